The van der Waals surface area contributed by atoms with E-state index in [1.54, 1.807) is 0 Å². The number of hydrogen-bond donors (Lipinski definition) is 1. The maximum absolute atomic E-state index is 10.2. The van der Waals surface area contributed by atoms with Crippen molar-refractivity contribution in [3.8, 4) is 11.8 Å². The van der Waals surface area contributed by atoms with Crippen LogP contribution in [0.4, 0.5) is 0 Å². The van der Waals surface area contributed by atoms with Crippen LogP contribution in [-0.4, -0.2) is 28.9 Å². The van der Waals surface area contributed by atoms with Gasteiger partial charge in [0.2, 0.25) is 0 Å². The summed E-state index contributed by atoms with van der Waals surface area (Å²) in [6.45, 7) is 6.31. The van der Waals surface area contributed by atoms with E-state index in [2.05, 4.69) is 36.7 Å². The second-order valence-corrected chi connectivity index (χ2v) is 6.71. The zero-order valence-corrected chi connectivity index (χ0v) is 13.7. The van der Waals surface area contributed by atoms with E-state index in [0.29, 0.717) is 17.6 Å². The number of piperidine rings is 1. The lowest BCUT2D eigenvalue weighted by molar-refractivity contribution is 0.190. The third-order valence-corrected chi connectivity index (χ3v) is 5.08. The van der Waals surface area contributed by atoms with Crippen LogP contribution in [-0.2, 0) is 0 Å². The Labute approximate surface area is 133 Å². The molecule has 0 aromatic carbocycles. The molecule has 1 atom stereocenters. The molecule has 1 N–H and O–H groups in total. The number of likely N-dealkylation sites (tertiary alicyclic amines) is 1. The highest BCUT2D eigenvalue weighted by Crippen LogP contribution is 2.38. The van der Waals surface area contributed by atoms with E-state index in [4.69, 9.17) is 4.99 Å². The molecule has 3 rings (SSSR count). The minimum absolute atomic E-state index is 0.320. The Morgan fingerprint density at radius 2 is 2.05 bits per heavy atom. The smallest absolute Gasteiger partial charge is 0.116 e. The van der Waals surface area contributed by atoms with Gasteiger partial charge in [-0.15, -0.1) is 0 Å². The fourth-order valence-electron chi connectivity index (χ4n) is 3.41. The molecule has 118 valence electrons. The second-order valence-electron chi connectivity index (χ2n) is 6.71. The van der Waals surface area contributed by atoms with E-state index < -0.39 is 0 Å². The number of aliphatic hydroxyl groups is 1. The minimum Gasteiger partial charge on any atom is -0.512 e. The van der Waals surface area contributed by atoms with Gasteiger partial charge in [0.25, 0.3) is 0 Å². The fraction of sp³-hybridized carbons (Fsp3) is 0.632. The molecule has 0 amide bonds. The molecule has 3 heteroatoms. The largest absolute Gasteiger partial charge is 0.512 e. The van der Waals surface area contributed by atoms with Crippen molar-refractivity contribution in [3.63, 3.8) is 0 Å². The molecule has 1 unspecified atom stereocenters. The monoisotopic (exact) mass is 298 g/mol. The number of aliphatic imine (C=N–C) groups is 1. The maximum atomic E-state index is 10.2. The Kier molecular flexibility index (Phi) is 4.57. The van der Waals surface area contributed by atoms with Crippen molar-refractivity contribution in [2.24, 2.45) is 16.8 Å². The number of allylic oxidation sites excluding steroid dienone is 4. The Balaban J connectivity index is 1.61. The second kappa shape index (κ2) is 6.60. The number of aliphatic hydroxyl groups excluding tert-OH is 1. The Bertz CT molecular complexity index is 574. The van der Waals surface area contributed by atoms with Crippen molar-refractivity contribution in [2.45, 2.75) is 52.4 Å². The molecule has 0 aromatic heterocycles. The van der Waals surface area contributed by atoms with Gasteiger partial charge in [0.05, 0.1) is 12.2 Å². The first-order chi connectivity index (χ1) is 10.6. The van der Waals surface area contributed by atoms with Crippen molar-refractivity contribution < 1.29 is 5.11 Å². The summed E-state index contributed by atoms with van der Waals surface area (Å²) in [7, 11) is 0. The average molecular weight is 298 g/mol. The standard InChI is InChI=1S/C19H26N2O/c1-14-6-4-3-5-7-18(20-14)21-12-10-16(11-13-21)15(2)19(22)17-8-9-17/h6,15-16,22H,4,7-13H2,1-2H3/b14-6-,20-18+. The van der Waals surface area contributed by atoms with Gasteiger partial charge in [-0.3, -0.25) is 0 Å². The maximum Gasteiger partial charge on any atom is 0.116 e. The van der Waals surface area contributed by atoms with Crippen LogP contribution in [0.15, 0.2) is 28.1 Å². The summed E-state index contributed by atoms with van der Waals surface area (Å²) in [6.07, 6.45) is 8.16. The van der Waals surface area contributed by atoms with E-state index in [-0.39, 0.29) is 0 Å². The van der Waals surface area contributed by atoms with Gasteiger partial charge in [0.15, 0.2) is 0 Å². The molecule has 2 heterocycles. The van der Waals surface area contributed by atoms with Crippen molar-refractivity contribution in [2.75, 3.05) is 13.1 Å². The van der Waals surface area contributed by atoms with Crippen LogP contribution in [0, 0.1) is 23.7 Å². The summed E-state index contributed by atoms with van der Waals surface area (Å²) >= 11 is 0. The Morgan fingerprint density at radius 1 is 1.32 bits per heavy atom. The molecule has 0 aromatic rings. The predicted molar refractivity (Wildman–Crippen MR) is 90.6 cm³/mol. The van der Waals surface area contributed by atoms with E-state index in [1.807, 2.05) is 0 Å². The summed E-state index contributed by atoms with van der Waals surface area (Å²) in [5, 5.41) is 10.2. The lowest BCUT2D eigenvalue weighted by atomic mass is 9.84. The van der Waals surface area contributed by atoms with Gasteiger partial charge in [-0.05, 0) is 44.1 Å². The molecule has 2 fully saturated rings. The summed E-state index contributed by atoms with van der Waals surface area (Å²) in [6, 6.07) is 0. The summed E-state index contributed by atoms with van der Waals surface area (Å²) in [4.78, 5) is 7.14. The normalized spacial score (nSPS) is 28.3. The third kappa shape index (κ3) is 3.55. The van der Waals surface area contributed by atoms with E-state index in [9.17, 15) is 5.11 Å². The van der Waals surface area contributed by atoms with Crippen molar-refractivity contribution in [3.05, 3.63) is 23.1 Å². The third-order valence-electron chi connectivity index (χ3n) is 5.08. The summed E-state index contributed by atoms with van der Waals surface area (Å²) in [5.41, 5.74) is 2.37. The van der Waals surface area contributed by atoms with Crippen LogP contribution < -0.4 is 0 Å². The molecule has 0 radical (unpaired) electrons. The molecule has 2 aliphatic heterocycles. The van der Waals surface area contributed by atoms with Crippen LogP contribution in [0.5, 0.6) is 0 Å². The summed E-state index contributed by atoms with van der Waals surface area (Å²) < 4.78 is 0. The zero-order chi connectivity index (χ0) is 15.5. The number of amidine groups is 1. The molecule has 1 aliphatic carbocycles. The molecule has 1 saturated heterocycles. The lowest BCUT2D eigenvalue weighted by Gasteiger charge is -2.36. The van der Waals surface area contributed by atoms with E-state index >= 15 is 0 Å². The van der Waals surface area contributed by atoms with Gasteiger partial charge in [0, 0.05) is 31.1 Å². The predicted octanol–water partition coefficient (Wildman–Crippen LogP) is 4.04. The van der Waals surface area contributed by atoms with Crippen LogP contribution >= 0.6 is 0 Å². The molecular formula is C19H26N2O. The highest BCUT2D eigenvalue weighted by Gasteiger charge is 2.30. The van der Waals surface area contributed by atoms with Gasteiger partial charge >= 0.3 is 0 Å². The number of rotatable bonds is 2. The van der Waals surface area contributed by atoms with Crippen molar-refractivity contribution in [1.29, 1.82) is 0 Å². The number of hydrogen-bond acceptors (Lipinski definition) is 3. The molecular weight excluding hydrogens is 272 g/mol. The topological polar surface area (TPSA) is 35.8 Å². The SMILES string of the molecule is CC1=C/CC#CC/C(N2CCC(C(C)C(O)=C3CC3)CC2)=N\1. The van der Waals surface area contributed by atoms with Crippen LogP contribution in [0.2, 0.25) is 0 Å². The van der Waals surface area contributed by atoms with Gasteiger partial charge in [-0.1, -0.05) is 24.8 Å². The molecule has 0 bridgehead atoms. The highest BCUT2D eigenvalue weighted by atomic mass is 16.3. The summed E-state index contributed by atoms with van der Waals surface area (Å²) in [5.74, 6) is 9.12. The van der Waals surface area contributed by atoms with Gasteiger partial charge in [-0.25, -0.2) is 4.99 Å². The lowest BCUT2D eigenvalue weighted by Crippen LogP contribution is -2.40. The van der Waals surface area contributed by atoms with Crippen LogP contribution in [0.3, 0.4) is 0 Å². The quantitative estimate of drug-likeness (QED) is 0.617. The van der Waals surface area contributed by atoms with E-state index in [1.165, 1.54) is 5.57 Å². The molecule has 3 nitrogen and oxygen atoms in total. The molecule has 1 saturated carbocycles. The first kappa shape index (κ1) is 15.2. The first-order valence-electron chi connectivity index (χ1n) is 8.51. The number of nitrogens with zero attached hydrogens (tertiary/aromatic N) is 2. The average Bonchev–Trinajstić information content (AvgIpc) is 3.34. The van der Waals surface area contributed by atoms with Gasteiger partial charge < -0.3 is 10.0 Å². The molecule has 3 aliphatic rings. The zero-order valence-electron chi connectivity index (χ0n) is 13.7. The Hall–Kier alpha value is -1.69. The highest BCUT2D eigenvalue weighted by molar-refractivity contribution is 5.85. The minimum atomic E-state index is 0.320. The Morgan fingerprint density at radius 3 is 2.73 bits per heavy atom. The molecule has 22 heavy (non-hydrogen) atoms. The van der Waals surface area contributed by atoms with Crippen LogP contribution in [0.1, 0.15) is 52.4 Å². The van der Waals surface area contributed by atoms with E-state index in [0.717, 1.165) is 63.1 Å². The van der Waals surface area contributed by atoms with Crippen LogP contribution in [0.25, 0.3) is 0 Å². The van der Waals surface area contributed by atoms with Crippen molar-refractivity contribution >= 4 is 5.84 Å². The van der Waals surface area contributed by atoms with Crippen molar-refractivity contribution in [1.82, 2.24) is 4.90 Å². The van der Waals surface area contributed by atoms with Gasteiger partial charge in [-0.2, -0.15) is 0 Å². The molecule has 0 spiro atoms. The first-order valence-corrected chi connectivity index (χ1v) is 8.51. The fourth-order valence-corrected chi connectivity index (χ4v) is 3.41. The van der Waals surface area contributed by atoms with Gasteiger partial charge in [0.1, 0.15) is 5.84 Å².